The first-order valence-electron chi connectivity index (χ1n) is 9.37. The molecule has 0 saturated carbocycles. The van der Waals surface area contributed by atoms with Crippen LogP contribution in [0.1, 0.15) is 25.0 Å². The molecule has 2 fully saturated rings. The summed E-state index contributed by atoms with van der Waals surface area (Å²) in [6.45, 7) is 7.50. The highest BCUT2D eigenvalue weighted by Gasteiger charge is 2.55. The van der Waals surface area contributed by atoms with Gasteiger partial charge in [0.1, 0.15) is 12.2 Å². The van der Waals surface area contributed by atoms with Crippen LogP contribution in [-0.4, -0.2) is 76.0 Å². The van der Waals surface area contributed by atoms with Gasteiger partial charge in [-0.15, -0.1) is 0 Å². The Morgan fingerprint density at radius 1 is 1.26 bits per heavy atom. The Morgan fingerprint density at radius 3 is 2.74 bits per heavy atom. The lowest BCUT2D eigenvalue weighted by Crippen LogP contribution is -2.66. The highest BCUT2D eigenvalue weighted by Crippen LogP contribution is 2.30. The van der Waals surface area contributed by atoms with E-state index >= 15 is 0 Å². The van der Waals surface area contributed by atoms with Crippen LogP contribution < -0.4 is 5.32 Å². The molecule has 1 aromatic rings. The number of rotatable bonds is 3. The SMILES string of the molecule is CCN1C(=O)C2C(NC3N(Cc4cccc(C)c4)N=C(C)CN23)N(C)C1=O. The fourth-order valence-electron chi connectivity index (χ4n) is 4.26. The van der Waals surface area contributed by atoms with Gasteiger partial charge < -0.3 is 4.90 Å². The molecule has 3 amide bonds. The summed E-state index contributed by atoms with van der Waals surface area (Å²) in [5.74, 6) is -0.134. The first-order chi connectivity index (χ1) is 12.9. The molecule has 4 rings (SSSR count). The molecule has 1 aromatic carbocycles. The second kappa shape index (κ2) is 6.61. The Hall–Kier alpha value is -2.45. The summed E-state index contributed by atoms with van der Waals surface area (Å²) in [5.41, 5.74) is 3.32. The van der Waals surface area contributed by atoms with Gasteiger partial charge in [-0.1, -0.05) is 29.8 Å². The largest absolute Gasteiger partial charge is 0.327 e. The number of carbonyl (C=O) groups excluding carboxylic acids is 2. The highest BCUT2D eigenvalue weighted by molar-refractivity contribution is 6.01. The number of imide groups is 1. The van der Waals surface area contributed by atoms with E-state index in [4.69, 9.17) is 5.10 Å². The van der Waals surface area contributed by atoms with Gasteiger partial charge in [0.15, 0.2) is 6.29 Å². The normalized spacial score (nSPS) is 28.4. The minimum atomic E-state index is -0.400. The van der Waals surface area contributed by atoms with E-state index in [-0.39, 0.29) is 24.4 Å². The van der Waals surface area contributed by atoms with Gasteiger partial charge in [-0.2, -0.15) is 5.10 Å². The van der Waals surface area contributed by atoms with Crippen LogP contribution in [0.15, 0.2) is 29.4 Å². The zero-order valence-corrected chi connectivity index (χ0v) is 16.2. The van der Waals surface area contributed by atoms with Crippen molar-refractivity contribution in [2.24, 2.45) is 5.10 Å². The van der Waals surface area contributed by atoms with Crippen LogP contribution in [0, 0.1) is 6.92 Å². The average Bonchev–Trinajstić information content (AvgIpc) is 3.00. The molecule has 3 atom stereocenters. The van der Waals surface area contributed by atoms with E-state index in [1.165, 1.54) is 10.5 Å². The molecule has 0 spiro atoms. The summed E-state index contributed by atoms with van der Waals surface area (Å²) in [6.07, 6.45) is -0.570. The third kappa shape index (κ3) is 2.89. The van der Waals surface area contributed by atoms with Gasteiger partial charge in [0, 0.05) is 25.8 Å². The van der Waals surface area contributed by atoms with Crippen molar-refractivity contribution in [2.75, 3.05) is 20.1 Å². The maximum Gasteiger partial charge on any atom is 0.327 e. The first kappa shape index (κ1) is 17.9. The number of hydrogen-bond acceptors (Lipinski definition) is 6. The molecular weight excluding hydrogens is 344 g/mol. The summed E-state index contributed by atoms with van der Waals surface area (Å²) in [4.78, 5) is 30.6. The van der Waals surface area contributed by atoms with Gasteiger partial charge in [-0.05, 0) is 26.3 Å². The molecule has 8 nitrogen and oxygen atoms in total. The fraction of sp³-hybridized carbons (Fsp3) is 0.526. The molecule has 144 valence electrons. The van der Waals surface area contributed by atoms with Crippen molar-refractivity contribution in [1.29, 1.82) is 0 Å². The molecule has 27 heavy (non-hydrogen) atoms. The molecule has 3 unspecified atom stereocenters. The number of amides is 3. The van der Waals surface area contributed by atoms with Crippen LogP contribution in [0.5, 0.6) is 0 Å². The Morgan fingerprint density at radius 2 is 2.04 bits per heavy atom. The zero-order chi connectivity index (χ0) is 19.3. The minimum Gasteiger partial charge on any atom is -0.310 e. The second-order valence-electron chi connectivity index (χ2n) is 7.50. The van der Waals surface area contributed by atoms with Crippen LogP contribution in [0.4, 0.5) is 4.79 Å². The third-order valence-corrected chi connectivity index (χ3v) is 5.50. The molecular formula is C19H26N6O2. The van der Waals surface area contributed by atoms with Gasteiger partial charge >= 0.3 is 6.03 Å². The predicted molar refractivity (Wildman–Crippen MR) is 102 cm³/mol. The van der Waals surface area contributed by atoms with Crippen molar-refractivity contribution in [3.8, 4) is 0 Å². The number of aryl methyl sites for hydroxylation is 1. The van der Waals surface area contributed by atoms with E-state index in [1.54, 1.807) is 11.9 Å². The maximum atomic E-state index is 13.0. The van der Waals surface area contributed by atoms with Crippen LogP contribution in [0.25, 0.3) is 0 Å². The predicted octanol–water partition coefficient (Wildman–Crippen LogP) is 0.984. The first-order valence-corrected chi connectivity index (χ1v) is 9.37. The van der Waals surface area contributed by atoms with E-state index in [2.05, 4.69) is 35.3 Å². The van der Waals surface area contributed by atoms with Crippen molar-refractivity contribution < 1.29 is 9.59 Å². The Kier molecular flexibility index (Phi) is 4.39. The standard InChI is InChI=1S/C19H26N6O2/c1-5-23-17(26)15-16(22(4)19(23)27)20-18-24(15)10-13(3)21-25(18)11-14-8-6-7-12(2)9-14/h6-9,15-16,18,20H,5,10-11H2,1-4H3. The van der Waals surface area contributed by atoms with Gasteiger partial charge in [0.05, 0.1) is 6.54 Å². The number of fused-ring (bicyclic) bond motifs is 3. The molecule has 0 aliphatic carbocycles. The lowest BCUT2D eigenvalue weighted by molar-refractivity contribution is -0.138. The lowest BCUT2D eigenvalue weighted by Gasteiger charge is -2.42. The van der Waals surface area contributed by atoms with Crippen molar-refractivity contribution in [3.63, 3.8) is 0 Å². The van der Waals surface area contributed by atoms with Crippen LogP contribution >= 0.6 is 0 Å². The molecule has 0 aromatic heterocycles. The average molecular weight is 370 g/mol. The Balaban J connectivity index is 1.64. The number of urea groups is 1. The molecule has 0 bridgehead atoms. The van der Waals surface area contributed by atoms with Crippen molar-refractivity contribution in [2.45, 2.75) is 45.8 Å². The van der Waals surface area contributed by atoms with Gasteiger partial charge in [-0.25, -0.2) is 9.69 Å². The van der Waals surface area contributed by atoms with Crippen molar-refractivity contribution in [3.05, 3.63) is 35.4 Å². The smallest absolute Gasteiger partial charge is 0.310 e. The number of benzene rings is 1. The van der Waals surface area contributed by atoms with Crippen molar-refractivity contribution in [1.82, 2.24) is 25.0 Å². The monoisotopic (exact) mass is 370 g/mol. The van der Waals surface area contributed by atoms with E-state index in [9.17, 15) is 9.59 Å². The molecule has 0 radical (unpaired) electrons. The molecule has 8 heteroatoms. The van der Waals surface area contributed by atoms with Gasteiger partial charge in [0.25, 0.3) is 5.91 Å². The van der Waals surface area contributed by atoms with Crippen LogP contribution in [-0.2, 0) is 11.3 Å². The summed E-state index contributed by atoms with van der Waals surface area (Å²) in [7, 11) is 1.75. The van der Waals surface area contributed by atoms with E-state index in [1.807, 2.05) is 24.9 Å². The van der Waals surface area contributed by atoms with E-state index < -0.39 is 6.04 Å². The van der Waals surface area contributed by atoms with Gasteiger partial charge in [0.2, 0.25) is 0 Å². The maximum absolute atomic E-state index is 13.0. The Bertz CT molecular complexity index is 809. The summed E-state index contributed by atoms with van der Waals surface area (Å²) >= 11 is 0. The molecule has 1 N–H and O–H groups in total. The number of nitrogens with one attached hydrogen (secondary N) is 1. The van der Waals surface area contributed by atoms with Gasteiger partial charge in [-0.3, -0.25) is 20.0 Å². The van der Waals surface area contributed by atoms with E-state index in [0.717, 1.165) is 11.3 Å². The molecule has 3 heterocycles. The number of nitrogens with zero attached hydrogens (tertiary/aromatic N) is 5. The third-order valence-electron chi connectivity index (χ3n) is 5.50. The molecule has 2 saturated heterocycles. The summed E-state index contributed by atoms with van der Waals surface area (Å²) < 4.78 is 0. The quantitative estimate of drug-likeness (QED) is 0.859. The summed E-state index contributed by atoms with van der Waals surface area (Å²) in [6, 6.07) is 7.69. The number of hydrazone groups is 1. The zero-order valence-electron chi connectivity index (χ0n) is 16.2. The lowest BCUT2D eigenvalue weighted by atomic mass is 10.1. The minimum absolute atomic E-state index is 0.134. The van der Waals surface area contributed by atoms with Crippen LogP contribution in [0.3, 0.4) is 0 Å². The number of hydrogen-bond donors (Lipinski definition) is 1. The molecule has 3 aliphatic heterocycles. The topological polar surface area (TPSA) is 71.5 Å². The van der Waals surface area contributed by atoms with Crippen molar-refractivity contribution >= 4 is 17.6 Å². The second-order valence-corrected chi connectivity index (χ2v) is 7.50. The number of carbonyl (C=O) groups is 2. The van der Waals surface area contributed by atoms with E-state index in [0.29, 0.717) is 19.6 Å². The molecule has 3 aliphatic rings. The Labute approximate surface area is 159 Å². The highest BCUT2D eigenvalue weighted by atomic mass is 16.2. The number of likely N-dealkylation sites (N-methyl/N-ethyl adjacent to an activating group) is 2. The fourth-order valence-corrected chi connectivity index (χ4v) is 4.26. The van der Waals surface area contributed by atoms with Crippen LogP contribution in [0.2, 0.25) is 0 Å². The summed E-state index contributed by atoms with van der Waals surface area (Å²) in [5, 5.41) is 10.2.